The summed E-state index contributed by atoms with van der Waals surface area (Å²) in [4.78, 5) is 0. The number of rotatable bonds is 9. The van der Waals surface area contributed by atoms with Crippen LogP contribution in [-0.4, -0.2) is 26.8 Å². The van der Waals surface area contributed by atoms with E-state index in [2.05, 4.69) is 19.2 Å². The lowest BCUT2D eigenvalue weighted by Gasteiger charge is -2.10. The zero-order valence-electron chi connectivity index (χ0n) is 12.1. The molecule has 3 nitrogen and oxygen atoms in total. The lowest BCUT2D eigenvalue weighted by atomic mass is 10.1. The van der Waals surface area contributed by atoms with Crippen molar-refractivity contribution in [2.45, 2.75) is 26.7 Å². The summed E-state index contributed by atoms with van der Waals surface area (Å²) in [7, 11) is 1.66. The summed E-state index contributed by atoms with van der Waals surface area (Å²) in [6.45, 7) is 7.29. The van der Waals surface area contributed by atoms with Crippen LogP contribution in [0.3, 0.4) is 0 Å². The molecular formula is C15H26ClNO2. The fourth-order valence-corrected chi connectivity index (χ4v) is 1.63. The molecule has 0 radical (unpaired) electrons. The van der Waals surface area contributed by atoms with Crippen LogP contribution >= 0.6 is 12.4 Å². The molecule has 1 rings (SSSR count). The topological polar surface area (TPSA) is 30.5 Å². The van der Waals surface area contributed by atoms with Crippen molar-refractivity contribution in [1.82, 2.24) is 5.32 Å². The Hall–Kier alpha value is -0.930. The van der Waals surface area contributed by atoms with Gasteiger partial charge in [0.05, 0.1) is 13.7 Å². The van der Waals surface area contributed by atoms with Crippen molar-refractivity contribution < 1.29 is 9.47 Å². The van der Waals surface area contributed by atoms with Gasteiger partial charge in [0.15, 0.2) is 11.5 Å². The SMILES string of the molecule is COc1ccccc1OCCCNCCC(C)C.Cl. The third-order valence-electron chi connectivity index (χ3n) is 2.72. The van der Waals surface area contributed by atoms with Crippen molar-refractivity contribution in [1.29, 1.82) is 0 Å². The molecule has 0 aliphatic rings. The second-order valence-corrected chi connectivity index (χ2v) is 4.79. The van der Waals surface area contributed by atoms with Gasteiger partial charge in [-0.15, -0.1) is 12.4 Å². The molecule has 0 saturated carbocycles. The molecule has 1 aromatic carbocycles. The van der Waals surface area contributed by atoms with Crippen LogP contribution in [-0.2, 0) is 0 Å². The quantitative estimate of drug-likeness (QED) is 0.705. The van der Waals surface area contributed by atoms with E-state index in [0.29, 0.717) is 0 Å². The summed E-state index contributed by atoms with van der Waals surface area (Å²) in [5.74, 6) is 2.38. The zero-order chi connectivity index (χ0) is 13.2. The number of para-hydroxylation sites is 2. The highest BCUT2D eigenvalue weighted by Gasteiger charge is 2.01. The highest BCUT2D eigenvalue weighted by atomic mass is 35.5. The summed E-state index contributed by atoms with van der Waals surface area (Å²) in [6.07, 6.45) is 2.24. The van der Waals surface area contributed by atoms with E-state index in [1.165, 1.54) is 6.42 Å². The van der Waals surface area contributed by atoms with Gasteiger partial charge >= 0.3 is 0 Å². The summed E-state index contributed by atoms with van der Waals surface area (Å²) in [5.41, 5.74) is 0. The van der Waals surface area contributed by atoms with Crippen LogP contribution < -0.4 is 14.8 Å². The molecule has 0 heterocycles. The minimum Gasteiger partial charge on any atom is -0.493 e. The highest BCUT2D eigenvalue weighted by molar-refractivity contribution is 5.85. The van der Waals surface area contributed by atoms with Gasteiger partial charge in [-0.25, -0.2) is 0 Å². The molecule has 0 unspecified atom stereocenters. The lowest BCUT2D eigenvalue weighted by Crippen LogP contribution is -2.19. The number of halogens is 1. The van der Waals surface area contributed by atoms with Crippen LogP contribution in [0.15, 0.2) is 24.3 Å². The Labute approximate surface area is 123 Å². The second kappa shape index (κ2) is 10.9. The predicted octanol–water partition coefficient (Wildman–Crippen LogP) is 3.52. The average molecular weight is 288 g/mol. The molecule has 4 heteroatoms. The third kappa shape index (κ3) is 7.96. The Morgan fingerprint density at radius 3 is 2.42 bits per heavy atom. The number of ether oxygens (including phenoxy) is 2. The first-order chi connectivity index (χ1) is 8.74. The third-order valence-corrected chi connectivity index (χ3v) is 2.72. The van der Waals surface area contributed by atoms with Crippen LogP contribution in [0.2, 0.25) is 0 Å². The summed E-state index contributed by atoms with van der Waals surface area (Å²) >= 11 is 0. The van der Waals surface area contributed by atoms with Gasteiger partial charge in [0.25, 0.3) is 0 Å². The molecule has 0 bridgehead atoms. The van der Waals surface area contributed by atoms with Crippen molar-refractivity contribution >= 4 is 12.4 Å². The minimum absolute atomic E-state index is 0. The Balaban J connectivity index is 0.00000324. The van der Waals surface area contributed by atoms with Crippen LogP contribution in [0.1, 0.15) is 26.7 Å². The van der Waals surface area contributed by atoms with Crippen LogP contribution in [0.4, 0.5) is 0 Å². The van der Waals surface area contributed by atoms with E-state index in [9.17, 15) is 0 Å². The van der Waals surface area contributed by atoms with Gasteiger partial charge in [0.1, 0.15) is 0 Å². The molecule has 19 heavy (non-hydrogen) atoms. The van der Waals surface area contributed by atoms with Crippen molar-refractivity contribution in [3.63, 3.8) is 0 Å². The first-order valence-corrected chi connectivity index (χ1v) is 6.70. The number of nitrogens with one attached hydrogen (secondary N) is 1. The molecule has 0 atom stereocenters. The molecule has 0 fully saturated rings. The molecule has 0 aliphatic carbocycles. The van der Waals surface area contributed by atoms with E-state index in [1.807, 2.05) is 24.3 Å². The maximum atomic E-state index is 5.69. The normalized spacial score (nSPS) is 10.1. The van der Waals surface area contributed by atoms with Gasteiger partial charge in [-0.05, 0) is 44.0 Å². The first kappa shape index (κ1) is 18.1. The molecule has 0 aromatic heterocycles. The largest absolute Gasteiger partial charge is 0.493 e. The van der Waals surface area contributed by atoms with E-state index >= 15 is 0 Å². The number of methoxy groups -OCH3 is 1. The van der Waals surface area contributed by atoms with E-state index in [1.54, 1.807) is 7.11 Å². The number of benzene rings is 1. The van der Waals surface area contributed by atoms with E-state index in [-0.39, 0.29) is 12.4 Å². The molecule has 0 amide bonds. The molecule has 1 N–H and O–H groups in total. The van der Waals surface area contributed by atoms with Gasteiger partial charge in [-0.2, -0.15) is 0 Å². The monoisotopic (exact) mass is 287 g/mol. The Morgan fingerprint density at radius 2 is 1.79 bits per heavy atom. The van der Waals surface area contributed by atoms with Crippen LogP contribution in [0.5, 0.6) is 11.5 Å². The lowest BCUT2D eigenvalue weighted by molar-refractivity contribution is 0.287. The molecule has 110 valence electrons. The fraction of sp³-hybridized carbons (Fsp3) is 0.600. The smallest absolute Gasteiger partial charge is 0.161 e. The van der Waals surface area contributed by atoms with Gasteiger partial charge < -0.3 is 14.8 Å². The Morgan fingerprint density at radius 1 is 1.11 bits per heavy atom. The first-order valence-electron chi connectivity index (χ1n) is 6.70. The Kier molecular flexibility index (Phi) is 10.4. The van der Waals surface area contributed by atoms with Gasteiger partial charge in [0.2, 0.25) is 0 Å². The van der Waals surface area contributed by atoms with Crippen molar-refractivity contribution in [3.05, 3.63) is 24.3 Å². The van der Waals surface area contributed by atoms with E-state index in [0.717, 1.165) is 43.5 Å². The van der Waals surface area contributed by atoms with Crippen molar-refractivity contribution in [2.24, 2.45) is 5.92 Å². The molecular weight excluding hydrogens is 262 g/mol. The maximum absolute atomic E-state index is 5.69. The number of hydrogen-bond acceptors (Lipinski definition) is 3. The van der Waals surface area contributed by atoms with Crippen molar-refractivity contribution in [3.8, 4) is 11.5 Å². The van der Waals surface area contributed by atoms with Crippen LogP contribution in [0, 0.1) is 5.92 Å². The maximum Gasteiger partial charge on any atom is 0.161 e. The number of hydrogen-bond donors (Lipinski definition) is 1. The molecule has 0 saturated heterocycles. The minimum atomic E-state index is 0. The van der Waals surface area contributed by atoms with Gasteiger partial charge in [0, 0.05) is 0 Å². The summed E-state index contributed by atoms with van der Waals surface area (Å²) in [5, 5.41) is 3.42. The molecule has 1 aromatic rings. The fourth-order valence-electron chi connectivity index (χ4n) is 1.63. The highest BCUT2D eigenvalue weighted by Crippen LogP contribution is 2.25. The average Bonchev–Trinajstić information content (AvgIpc) is 2.37. The summed E-state index contributed by atoms with van der Waals surface area (Å²) < 4.78 is 10.9. The van der Waals surface area contributed by atoms with E-state index in [4.69, 9.17) is 9.47 Å². The van der Waals surface area contributed by atoms with Crippen molar-refractivity contribution in [2.75, 3.05) is 26.8 Å². The summed E-state index contributed by atoms with van der Waals surface area (Å²) in [6, 6.07) is 7.75. The van der Waals surface area contributed by atoms with Crippen LogP contribution in [0.25, 0.3) is 0 Å². The van der Waals surface area contributed by atoms with Gasteiger partial charge in [-0.1, -0.05) is 26.0 Å². The second-order valence-electron chi connectivity index (χ2n) is 4.79. The predicted molar refractivity (Wildman–Crippen MR) is 82.7 cm³/mol. The standard InChI is InChI=1S/C15H25NO2.ClH/c1-13(2)9-11-16-10-6-12-18-15-8-5-4-7-14(15)17-3;/h4-5,7-8,13,16H,6,9-12H2,1-3H3;1H. The molecule has 0 aliphatic heterocycles. The zero-order valence-corrected chi connectivity index (χ0v) is 13.0. The molecule has 0 spiro atoms. The van der Waals surface area contributed by atoms with E-state index < -0.39 is 0 Å². The Bertz CT molecular complexity index is 332. The van der Waals surface area contributed by atoms with Gasteiger partial charge in [-0.3, -0.25) is 0 Å².